The number of aromatic nitrogens is 1. The van der Waals surface area contributed by atoms with Crippen LogP contribution in [0.2, 0.25) is 0 Å². The molecule has 0 atom stereocenters. The van der Waals surface area contributed by atoms with E-state index in [4.69, 9.17) is 0 Å². The molecular formula is C5H5LuN. The zero-order chi connectivity index (χ0) is 4.24. The average Bonchev–Trinajstić information content (AvgIpc) is 1.72. The molecule has 1 nitrogen and oxygen atoms in total. The van der Waals surface area contributed by atoms with Gasteiger partial charge in [0.1, 0.15) is 0 Å². The summed E-state index contributed by atoms with van der Waals surface area (Å²) in [6.07, 6.45) is 3.50. The first-order valence-electron chi connectivity index (χ1n) is 1.85. The predicted octanol–water partition coefficient (Wildman–Crippen LogP) is 1.08. The molecule has 0 fully saturated rings. The molecule has 7 heavy (non-hydrogen) atoms. The van der Waals surface area contributed by atoms with Crippen LogP contribution >= 0.6 is 0 Å². The molecule has 0 aliphatic carbocycles. The maximum absolute atomic E-state index is 3.78. The average molecular weight is 254 g/mol. The summed E-state index contributed by atoms with van der Waals surface area (Å²) in [7, 11) is 0. The first-order valence-corrected chi connectivity index (χ1v) is 1.85. The second-order valence-electron chi connectivity index (χ2n) is 1.02. The van der Waals surface area contributed by atoms with Gasteiger partial charge in [-0.05, 0) is 12.1 Å². The Balaban J connectivity index is 0.000000360. The predicted molar refractivity (Wildman–Crippen MR) is 24.2 cm³/mol. The van der Waals surface area contributed by atoms with E-state index < -0.39 is 0 Å². The maximum atomic E-state index is 3.78. The molecule has 0 aromatic carbocycles. The van der Waals surface area contributed by atoms with Crippen molar-refractivity contribution in [3.63, 3.8) is 0 Å². The summed E-state index contributed by atoms with van der Waals surface area (Å²) in [5.41, 5.74) is 0. The molecule has 0 aliphatic rings. The molecule has 2 heteroatoms. The summed E-state index contributed by atoms with van der Waals surface area (Å²) in [6, 6.07) is 5.72. The van der Waals surface area contributed by atoms with Crippen LogP contribution in [0.4, 0.5) is 0 Å². The fraction of sp³-hybridized carbons (Fsp3) is 0. The molecule has 0 saturated carbocycles. The van der Waals surface area contributed by atoms with Crippen molar-refractivity contribution in [3.05, 3.63) is 30.6 Å². The van der Waals surface area contributed by atoms with Crippen molar-refractivity contribution < 1.29 is 36.9 Å². The molecule has 0 unspecified atom stereocenters. The van der Waals surface area contributed by atoms with Gasteiger partial charge < -0.3 is 0 Å². The summed E-state index contributed by atoms with van der Waals surface area (Å²) in [4.78, 5) is 3.78. The Morgan fingerprint density at radius 3 is 1.57 bits per heavy atom. The Morgan fingerprint density at radius 1 is 0.857 bits per heavy atom. The van der Waals surface area contributed by atoms with E-state index in [1.165, 1.54) is 0 Å². The second kappa shape index (κ2) is 4.54. The molecule has 45 valence electrons. The SMILES string of the molecule is [Lu].c1ccncc1. The minimum atomic E-state index is 0. The number of hydrogen-bond donors (Lipinski definition) is 0. The van der Waals surface area contributed by atoms with E-state index in [9.17, 15) is 0 Å². The van der Waals surface area contributed by atoms with E-state index in [-0.39, 0.29) is 36.9 Å². The van der Waals surface area contributed by atoms with Gasteiger partial charge in [0.15, 0.2) is 0 Å². The van der Waals surface area contributed by atoms with Crippen LogP contribution in [0.3, 0.4) is 0 Å². The van der Waals surface area contributed by atoms with E-state index in [0.29, 0.717) is 0 Å². The third-order valence-corrected chi connectivity index (χ3v) is 0.566. The quantitative estimate of drug-likeness (QED) is 0.675. The molecule has 1 heterocycles. The summed E-state index contributed by atoms with van der Waals surface area (Å²) in [5.74, 6) is 0. The van der Waals surface area contributed by atoms with Crippen LogP contribution in [0.25, 0.3) is 0 Å². The van der Waals surface area contributed by atoms with Gasteiger partial charge >= 0.3 is 0 Å². The fourth-order valence-electron chi connectivity index (χ4n) is 0.313. The van der Waals surface area contributed by atoms with Gasteiger partial charge in [0, 0.05) is 49.3 Å². The van der Waals surface area contributed by atoms with Crippen molar-refractivity contribution >= 4 is 0 Å². The van der Waals surface area contributed by atoms with Crippen LogP contribution in [-0.4, -0.2) is 4.98 Å². The topological polar surface area (TPSA) is 12.9 Å². The summed E-state index contributed by atoms with van der Waals surface area (Å²) in [6.45, 7) is 0. The second-order valence-corrected chi connectivity index (χ2v) is 1.02. The van der Waals surface area contributed by atoms with E-state index in [1.807, 2.05) is 18.2 Å². The van der Waals surface area contributed by atoms with Crippen LogP contribution in [0.1, 0.15) is 0 Å². The Bertz CT molecular complexity index is 80.0. The number of hydrogen-bond acceptors (Lipinski definition) is 1. The molecule has 1 rings (SSSR count). The van der Waals surface area contributed by atoms with Crippen LogP contribution in [0.5, 0.6) is 0 Å². The number of rotatable bonds is 0. The molecule has 0 aliphatic heterocycles. The van der Waals surface area contributed by atoms with Gasteiger partial charge in [0.25, 0.3) is 0 Å². The van der Waals surface area contributed by atoms with Crippen molar-refractivity contribution in [1.29, 1.82) is 0 Å². The van der Waals surface area contributed by atoms with Crippen molar-refractivity contribution in [2.24, 2.45) is 0 Å². The Kier molecular flexibility index (Phi) is 4.79. The zero-order valence-corrected chi connectivity index (χ0v) is 5.25. The van der Waals surface area contributed by atoms with Crippen molar-refractivity contribution in [1.82, 2.24) is 4.98 Å². The van der Waals surface area contributed by atoms with E-state index >= 15 is 0 Å². The molecule has 0 N–H and O–H groups in total. The summed E-state index contributed by atoms with van der Waals surface area (Å²) < 4.78 is 0. The first kappa shape index (κ1) is 7.38. The fourth-order valence-corrected chi connectivity index (χ4v) is 0.313. The number of pyridine rings is 1. The summed E-state index contributed by atoms with van der Waals surface area (Å²) >= 11 is 0. The Hall–Kier alpha value is 0.384. The van der Waals surface area contributed by atoms with Crippen LogP contribution in [0, 0.1) is 36.9 Å². The molecular weight excluding hydrogens is 249 g/mol. The largest absolute Gasteiger partial charge is 0.265 e. The first-order chi connectivity index (χ1) is 3.00. The molecule has 0 bridgehead atoms. The monoisotopic (exact) mass is 254 g/mol. The van der Waals surface area contributed by atoms with Crippen LogP contribution in [0.15, 0.2) is 30.6 Å². The van der Waals surface area contributed by atoms with Crippen molar-refractivity contribution in [2.45, 2.75) is 0 Å². The van der Waals surface area contributed by atoms with Gasteiger partial charge in [-0.1, -0.05) is 6.07 Å². The van der Waals surface area contributed by atoms with Gasteiger partial charge in [-0.2, -0.15) is 0 Å². The standard InChI is InChI=1S/C5H5N.Lu/c1-2-4-6-5-3-1;/h1-5H;. The normalized spacial score (nSPS) is 6.86. The van der Waals surface area contributed by atoms with Gasteiger partial charge in [-0.15, -0.1) is 0 Å². The third-order valence-electron chi connectivity index (χ3n) is 0.566. The smallest absolute Gasteiger partial charge is 0.0267 e. The molecule has 0 amide bonds. The van der Waals surface area contributed by atoms with Gasteiger partial charge in [-0.25, -0.2) is 0 Å². The minimum Gasteiger partial charge on any atom is -0.265 e. The molecule has 0 spiro atoms. The van der Waals surface area contributed by atoms with E-state index in [2.05, 4.69) is 4.98 Å². The Labute approximate surface area is 72.0 Å². The minimum absolute atomic E-state index is 0. The van der Waals surface area contributed by atoms with E-state index in [0.717, 1.165) is 0 Å². The van der Waals surface area contributed by atoms with Gasteiger partial charge in [-0.3, -0.25) is 4.98 Å². The van der Waals surface area contributed by atoms with Crippen molar-refractivity contribution in [2.75, 3.05) is 0 Å². The van der Waals surface area contributed by atoms with Crippen LogP contribution in [-0.2, 0) is 0 Å². The van der Waals surface area contributed by atoms with Gasteiger partial charge in [0.05, 0.1) is 0 Å². The number of nitrogens with zero attached hydrogens (tertiary/aromatic N) is 1. The zero-order valence-electron chi connectivity index (χ0n) is 3.59. The third kappa shape index (κ3) is 3.01. The molecule has 0 saturated heterocycles. The summed E-state index contributed by atoms with van der Waals surface area (Å²) in [5, 5.41) is 0. The van der Waals surface area contributed by atoms with Gasteiger partial charge in [0.2, 0.25) is 0 Å². The van der Waals surface area contributed by atoms with Crippen LogP contribution < -0.4 is 0 Å². The molecule has 1 aromatic rings. The van der Waals surface area contributed by atoms with Crippen molar-refractivity contribution in [3.8, 4) is 0 Å². The maximum Gasteiger partial charge on any atom is 0.0267 e. The van der Waals surface area contributed by atoms with E-state index in [1.54, 1.807) is 12.4 Å². The Morgan fingerprint density at radius 2 is 1.43 bits per heavy atom. The molecule has 1 radical (unpaired) electrons. The molecule has 1 aromatic heterocycles.